The summed E-state index contributed by atoms with van der Waals surface area (Å²) in [6, 6.07) is 0. The van der Waals surface area contributed by atoms with Crippen molar-refractivity contribution in [1.29, 1.82) is 0 Å². The van der Waals surface area contributed by atoms with Crippen LogP contribution in [0.5, 0.6) is 0 Å². The molecular formula is C9H16O3. The van der Waals surface area contributed by atoms with Gasteiger partial charge in [-0.25, -0.2) is 4.79 Å². The van der Waals surface area contributed by atoms with Crippen molar-refractivity contribution < 1.29 is 14.6 Å². The normalized spacial score (nSPS) is 35.1. The third-order valence-corrected chi connectivity index (χ3v) is 2.64. The minimum absolute atomic E-state index is 0.0385. The van der Waals surface area contributed by atoms with Gasteiger partial charge in [0.1, 0.15) is 0 Å². The molecule has 3 heteroatoms. The molecule has 2 unspecified atom stereocenters. The smallest absolute Gasteiger partial charge is 0.338 e. The highest BCUT2D eigenvalue weighted by Crippen LogP contribution is 2.36. The SMILES string of the molecule is CCOC(=O)C1(O)CCCC1C. The summed E-state index contributed by atoms with van der Waals surface area (Å²) in [5.41, 5.74) is -1.20. The van der Waals surface area contributed by atoms with Crippen LogP contribution in [0.3, 0.4) is 0 Å². The number of aliphatic hydroxyl groups is 1. The van der Waals surface area contributed by atoms with Gasteiger partial charge < -0.3 is 9.84 Å². The van der Waals surface area contributed by atoms with Gasteiger partial charge in [0.15, 0.2) is 5.60 Å². The van der Waals surface area contributed by atoms with E-state index in [0.717, 1.165) is 12.8 Å². The van der Waals surface area contributed by atoms with Crippen molar-refractivity contribution >= 4 is 5.97 Å². The third-order valence-electron chi connectivity index (χ3n) is 2.64. The van der Waals surface area contributed by atoms with Gasteiger partial charge in [0.25, 0.3) is 0 Å². The van der Waals surface area contributed by atoms with Crippen LogP contribution in [-0.4, -0.2) is 23.3 Å². The fourth-order valence-corrected chi connectivity index (χ4v) is 1.72. The Labute approximate surface area is 72.7 Å². The Morgan fingerprint density at radius 1 is 1.75 bits per heavy atom. The topological polar surface area (TPSA) is 46.5 Å². The van der Waals surface area contributed by atoms with Crippen LogP contribution in [0.15, 0.2) is 0 Å². The van der Waals surface area contributed by atoms with Crippen molar-refractivity contribution in [3.05, 3.63) is 0 Å². The maximum atomic E-state index is 11.3. The Hall–Kier alpha value is -0.570. The van der Waals surface area contributed by atoms with E-state index < -0.39 is 11.6 Å². The van der Waals surface area contributed by atoms with E-state index in [1.165, 1.54) is 0 Å². The molecule has 0 radical (unpaired) electrons. The van der Waals surface area contributed by atoms with E-state index in [1.54, 1.807) is 6.92 Å². The lowest BCUT2D eigenvalue weighted by molar-refractivity contribution is -0.168. The van der Waals surface area contributed by atoms with Crippen molar-refractivity contribution in [1.82, 2.24) is 0 Å². The molecule has 1 fully saturated rings. The van der Waals surface area contributed by atoms with Gasteiger partial charge in [-0.1, -0.05) is 6.92 Å². The summed E-state index contributed by atoms with van der Waals surface area (Å²) < 4.78 is 4.81. The van der Waals surface area contributed by atoms with Gasteiger partial charge >= 0.3 is 5.97 Å². The Balaban J connectivity index is 2.63. The summed E-state index contributed by atoms with van der Waals surface area (Å²) in [6.07, 6.45) is 2.37. The van der Waals surface area contributed by atoms with Crippen LogP contribution in [0.4, 0.5) is 0 Å². The Bertz CT molecular complexity index is 179. The molecule has 1 saturated carbocycles. The largest absolute Gasteiger partial charge is 0.464 e. The zero-order chi connectivity index (χ0) is 9.19. The molecule has 1 aliphatic rings. The van der Waals surface area contributed by atoms with Gasteiger partial charge in [0, 0.05) is 0 Å². The average molecular weight is 172 g/mol. The van der Waals surface area contributed by atoms with Gasteiger partial charge in [-0.2, -0.15) is 0 Å². The van der Waals surface area contributed by atoms with E-state index in [0.29, 0.717) is 13.0 Å². The standard InChI is InChI=1S/C9H16O3/c1-3-12-8(10)9(11)6-4-5-7(9)2/h7,11H,3-6H2,1-2H3. The highest BCUT2D eigenvalue weighted by molar-refractivity contribution is 5.80. The van der Waals surface area contributed by atoms with Crippen LogP contribution in [0.25, 0.3) is 0 Å². The second-order valence-corrected chi connectivity index (χ2v) is 3.44. The van der Waals surface area contributed by atoms with Crippen molar-refractivity contribution in [2.75, 3.05) is 6.61 Å². The molecule has 0 aromatic heterocycles. The molecule has 12 heavy (non-hydrogen) atoms. The second kappa shape index (κ2) is 3.44. The minimum atomic E-state index is -1.20. The van der Waals surface area contributed by atoms with E-state index in [2.05, 4.69) is 0 Å². The predicted molar refractivity (Wildman–Crippen MR) is 44.6 cm³/mol. The van der Waals surface area contributed by atoms with Crippen molar-refractivity contribution in [3.63, 3.8) is 0 Å². The monoisotopic (exact) mass is 172 g/mol. The molecule has 0 aliphatic heterocycles. The molecule has 0 aromatic rings. The number of ether oxygens (including phenoxy) is 1. The van der Waals surface area contributed by atoms with Crippen molar-refractivity contribution in [3.8, 4) is 0 Å². The lowest BCUT2D eigenvalue weighted by Crippen LogP contribution is -2.42. The number of carbonyl (C=O) groups excluding carboxylic acids is 1. The third kappa shape index (κ3) is 1.46. The maximum Gasteiger partial charge on any atom is 0.338 e. The Morgan fingerprint density at radius 3 is 2.83 bits per heavy atom. The van der Waals surface area contributed by atoms with E-state index in [4.69, 9.17) is 4.74 Å². The molecular weight excluding hydrogens is 156 g/mol. The van der Waals surface area contributed by atoms with Crippen molar-refractivity contribution in [2.24, 2.45) is 5.92 Å². The first-order valence-corrected chi connectivity index (χ1v) is 4.51. The fourth-order valence-electron chi connectivity index (χ4n) is 1.72. The first-order valence-electron chi connectivity index (χ1n) is 4.51. The second-order valence-electron chi connectivity index (χ2n) is 3.44. The summed E-state index contributed by atoms with van der Waals surface area (Å²) in [4.78, 5) is 11.3. The highest BCUT2D eigenvalue weighted by atomic mass is 16.5. The number of carbonyl (C=O) groups is 1. The Kier molecular flexibility index (Phi) is 2.73. The first kappa shape index (κ1) is 9.52. The fraction of sp³-hybridized carbons (Fsp3) is 0.889. The molecule has 1 aliphatic carbocycles. The van der Waals surface area contributed by atoms with Gasteiger partial charge in [-0.05, 0) is 32.1 Å². The number of hydrogen-bond acceptors (Lipinski definition) is 3. The quantitative estimate of drug-likeness (QED) is 0.634. The lowest BCUT2D eigenvalue weighted by atomic mass is 9.93. The van der Waals surface area contributed by atoms with E-state index in [9.17, 15) is 9.90 Å². The number of hydrogen-bond donors (Lipinski definition) is 1. The summed E-state index contributed by atoms with van der Waals surface area (Å²) in [5.74, 6) is -0.411. The van der Waals surface area contributed by atoms with E-state index in [1.807, 2.05) is 6.92 Å². The molecule has 1 N–H and O–H groups in total. The van der Waals surface area contributed by atoms with Gasteiger partial charge in [-0.3, -0.25) is 0 Å². The molecule has 0 aromatic carbocycles. The molecule has 0 saturated heterocycles. The molecule has 1 rings (SSSR count). The molecule has 0 heterocycles. The first-order chi connectivity index (χ1) is 5.61. The number of rotatable bonds is 2. The van der Waals surface area contributed by atoms with Gasteiger partial charge in [0.05, 0.1) is 6.61 Å². The summed E-state index contributed by atoms with van der Waals surface area (Å²) in [5, 5.41) is 9.88. The van der Waals surface area contributed by atoms with Crippen LogP contribution in [0.2, 0.25) is 0 Å². The molecule has 0 spiro atoms. The van der Waals surface area contributed by atoms with Crippen LogP contribution in [-0.2, 0) is 9.53 Å². The maximum absolute atomic E-state index is 11.3. The zero-order valence-electron chi connectivity index (χ0n) is 7.67. The molecule has 3 nitrogen and oxygen atoms in total. The van der Waals surface area contributed by atoms with Crippen molar-refractivity contribution in [2.45, 2.75) is 38.7 Å². The lowest BCUT2D eigenvalue weighted by Gasteiger charge is -2.24. The molecule has 0 bridgehead atoms. The summed E-state index contributed by atoms with van der Waals surface area (Å²) in [6.45, 7) is 3.98. The van der Waals surface area contributed by atoms with E-state index >= 15 is 0 Å². The average Bonchev–Trinajstić information content (AvgIpc) is 2.34. The van der Waals surface area contributed by atoms with Crippen LogP contribution < -0.4 is 0 Å². The molecule has 2 atom stereocenters. The Morgan fingerprint density at radius 2 is 2.42 bits per heavy atom. The minimum Gasteiger partial charge on any atom is -0.464 e. The summed E-state index contributed by atoms with van der Waals surface area (Å²) in [7, 11) is 0. The van der Waals surface area contributed by atoms with Crippen LogP contribution in [0, 0.1) is 5.92 Å². The summed E-state index contributed by atoms with van der Waals surface area (Å²) >= 11 is 0. The highest BCUT2D eigenvalue weighted by Gasteiger charge is 2.46. The van der Waals surface area contributed by atoms with Gasteiger partial charge in [-0.15, -0.1) is 0 Å². The van der Waals surface area contributed by atoms with E-state index in [-0.39, 0.29) is 5.92 Å². The van der Waals surface area contributed by atoms with Crippen LogP contribution >= 0.6 is 0 Å². The zero-order valence-corrected chi connectivity index (χ0v) is 7.67. The van der Waals surface area contributed by atoms with Crippen LogP contribution in [0.1, 0.15) is 33.1 Å². The van der Waals surface area contributed by atoms with Gasteiger partial charge in [0.2, 0.25) is 0 Å². The predicted octanol–water partition coefficient (Wildman–Crippen LogP) is 1.10. The number of esters is 1. The molecule has 70 valence electrons. The molecule has 0 amide bonds.